The van der Waals surface area contributed by atoms with Gasteiger partial charge in [-0.05, 0) is 50.7 Å². The zero-order valence-corrected chi connectivity index (χ0v) is 15.7. The molecule has 1 unspecified atom stereocenters. The van der Waals surface area contributed by atoms with E-state index in [9.17, 15) is 4.79 Å². The third-order valence-corrected chi connectivity index (χ3v) is 5.21. The minimum absolute atomic E-state index is 0.0127. The van der Waals surface area contributed by atoms with Gasteiger partial charge in [-0.3, -0.25) is 4.79 Å². The molecule has 0 radical (unpaired) electrons. The van der Waals surface area contributed by atoms with Crippen LogP contribution in [0, 0.1) is 5.92 Å². The maximum Gasteiger partial charge on any atom is 0.225 e. The highest BCUT2D eigenvalue weighted by Gasteiger charge is 2.28. The Kier molecular flexibility index (Phi) is 6.61. The number of para-hydroxylation sites is 1. The van der Waals surface area contributed by atoms with Crippen LogP contribution in [0.15, 0.2) is 18.2 Å². The van der Waals surface area contributed by atoms with Gasteiger partial charge in [-0.1, -0.05) is 6.07 Å². The zero-order chi connectivity index (χ0) is 18.4. The van der Waals surface area contributed by atoms with Crippen molar-refractivity contribution in [2.24, 2.45) is 5.92 Å². The Morgan fingerprint density at radius 1 is 1.08 bits per heavy atom. The first kappa shape index (κ1) is 18.8. The lowest BCUT2D eigenvalue weighted by Gasteiger charge is -2.31. The Morgan fingerprint density at radius 3 is 2.50 bits per heavy atom. The fraction of sp³-hybridized carbons (Fsp3) is 0.650. The highest BCUT2D eigenvalue weighted by Crippen LogP contribution is 2.38. The van der Waals surface area contributed by atoms with Crippen molar-refractivity contribution in [1.29, 1.82) is 0 Å². The topological polar surface area (TPSA) is 66.0 Å². The molecule has 144 valence electrons. The van der Waals surface area contributed by atoms with Gasteiger partial charge in [0.05, 0.1) is 32.8 Å². The van der Waals surface area contributed by atoms with E-state index < -0.39 is 0 Å². The van der Waals surface area contributed by atoms with E-state index in [1.165, 1.54) is 0 Å². The van der Waals surface area contributed by atoms with Gasteiger partial charge < -0.3 is 24.3 Å². The number of ether oxygens (including phenoxy) is 4. The van der Waals surface area contributed by atoms with Crippen LogP contribution in [0.1, 0.15) is 38.5 Å². The number of carbonyl (C=O) groups is 1. The van der Waals surface area contributed by atoms with E-state index in [2.05, 4.69) is 5.32 Å². The first-order chi connectivity index (χ1) is 12.7. The van der Waals surface area contributed by atoms with Gasteiger partial charge in [-0.2, -0.15) is 0 Å². The van der Waals surface area contributed by atoms with Gasteiger partial charge >= 0.3 is 0 Å². The number of hydrogen-bond donors (Lipinski definition) is 1. The van der Waals surface area contributed by atoms with Crippen molar-refractivity contribution in [2.75, 3.05) is 27.4 Å². The van der Waals surface area contributed by atoms with Crippen LogP contribution in [0.5, 0.6) is 17.2 Å². The molecule has 1 aliphatic carbocycles. The molecule has 3 rings (SSSR count). The van der Waals surface area contributed by atoms with Crippen molar-refractivity contribution in [1.82, 2.24) is 5.32 Å². The molecule has 6 nitrogen and oxygen atoms in total. The summed E-state index contributed by atoms with van der Waals surface area (Å²) in [4.78, 5) is 12.3. The molecule has 1 atom stereocenters. The maximum atomic E-state index is 12.3. The molecule has 1 heterocycles. The molecule has 1 saturated carbocycles. The molecule has 1 aromatic carbocycles. The normalized spacial score (nSPS) is 26.0. The largest absolute Gasteiger partial charge is 0.493 e. The van der Waals surface area contributed by atoms with Crippen molar-refractivity contribution < 1.29 is 23.7 Å². The van der Waals surface area contributed by atoms with E-state index in [4.69, 9.17) is 18.9 Å². The van der Waals surface area contributed by atoms with Crippen LogP contribution in [-0.2, 0) is 9.53 Å². The standard InChI is InChI=1S/C20H29NO5/c1-23-17-6-3-7-18(19(17)24-2)26-16-10-8-15(9-11-16)21-20(22)14-5-4-12-25-13-14/h3,6-7,14-16H,4-5,8-13H2,1-2H3,(H,21,22). The minimum atomic E-state index is 0.0127. The van der Waals surface area contributed by atoms with E-state index in [0.717, 1.165) is 45.1 Å². The van der Waals surface area contributed by atoms with Gasteiger partial charge in [0.2, 0.25) is 11.7 Å². The SMILES string of the molecule is COc1cccc(OC2CCC(NC(=O)C3CCCOC3)CC2)c1OC. The van der Waals surface area contributed by atoms with Gasteiger partial charge in [0.1, 0.15) is 0 Å². The second-order valence-electron chi connectivity index (χ2n) is 7.01. The number of rotatable bonds is 6. The van der Waals surface area contributed by atoms with E-state index in [-0.39, 0.29) is 24.0 Å². The third-order valence-electron chi connectivity index (χ3n) is 5.21. The first-order valence-electron chi connectivity index (χ1n) is 9.47. The van der Waals surface area contributed by atoms with Crippen molar-refractivity contribution >= 4 is 5.91 Å². The van der Waals surface area contributed by atoms with Gasteiger partial charge in [0.25, 0.3) is 0 Å². The van der Waals surface area contributed by atoms with Crippen LogP contribution in [0.4, 0.5) is 0 Å². The average Bonchev–Trinajstić information content (AvgIpc) is 2.69. The summed E-state index contributed by atoms with van der Waals surface area (Å²) < 4.78 is 22.3. The molecule has 2 aliphatic rings. The Bertz CT molecular complexity index is 592. The minimum Gasteiger partial charge on any atom is -0.493 e. The van der Waals surface area contributed by atoms with Crippen molar-refractivity contribution in [3.05, 3.63) is 18.2 Å². The van der Waals surface area contributed by atoms with E-state index in [0.29, 0.717) is 23.9 Å². The molecular formula is C20H29NO5. The lowest BCUT2D eigenvalue weighted by Crippen LogP contribution is -2.44. The zero-order valence-electron chi connectivity index (χ0n) is 15.7. The Labute approximate surface area is 155 Å². The van der Waals surface area contributed by atoms with Gasteiger partial charge in [-0.15, -0.1) is 0 Å². The highest BCUT2D eigenvalue weighted by molar-refractivity contribution is 5.79. The molecule has 0 bridgehead atoms. The number of hydrogen-bond acceptors (Lipinski definition) is 5. The number of nitrogens with one attached hydrogen (secondary N) is 1. The van der Waals surface area contributed by atoms with Crippen LogP contribution < -0.4 is 19.5 Å². The third kappa shape index (κ3) is 4.61. The molecule has 0 spiro atoms. The monoisotopic (exact) mass is 363 g/mol. The fourth-order valence-electron chi connectivity index (χ4n) is 3.72. The summed E-state index contributed by atoms with van der Waals surface area (Å²) in [5.41, 5.74) is 0. The van der Waals surface area contributed by atoms with Gasteiger partial charge in [0, 0.05) is 12.6 Å². The lowest BCUT2D eigenvalue weighted by molar-refractivity contribution is -0.130. The number of methoxy groups -OCH3 is 2. The molecule has 2 fully saturated rings. The Hall–Kier alpha value is -1.95. The summed E-state index contributed by atoms with van der Waals surface area (Å²) in [5, 5.41) is 3.19. The van der Waals surface area contributed by atoms with Crippen LogP contribution in [0.25, 0.3) is 0 Å². The second-order valence-corrected chi connectivity index (χ2v) is 7.01. The summed E-state index contributed by atoms with van der Waals surface area (Å²) in [5.74, 6) is 2.16. The van der Waals surface area contributed by atoms with Crippen LogP contribution >= 0.6 is 0 Å². The Balaban J connectivity index is 1.49. The summed E-state index contributed by atoms with van der Waals surface area (Å²) in [6, 6.07) is 5.89. The maximum absolute atomic E-state index is 12.3. The molecule has 1 aliphatic heterocycles. The van der Waals surface area contributed by atoms with Crippen LogP contribution in [0.3, 0.4) is 0 Å². The van der Waals surface area contributed by atoms with E-state index in [1.54, 1.807) is 14.2 Å². The smallest absolute Gasteiger partial charge is 0.225 e. The second kappa shape index (κ2) is 9.12. The van der Waals surface area contributed by atoms with E-state index in [1.807, 2.05) is 18.2 Å². The van der Waals surface area contributed by atoms with Crippen LogP contribution in [0.2, 0.25) is 0 Å². The quantitative estimate of drug-likeness (QED) is 0.842. The van der Waals surface area contributed by atoms with Crippen molar-refractivity contribution in [3.8, 4) is 17.2 Å². The molecule has 1 saturated heterocycles. The molecule has 1 N–H and O–H groups in total. The first-order valence-corrected chi connectivity index (χ1v) is 9.47. The van der Waals surface area contributed by atoms with Gasteiger partial charge in [0.15, 0.2) is 11.5 Å². The molecule has 26 heavy (non-hydrogen) atoms. The number of amides is 1. The summed E-state index contributed by atoms with van der Waals surface area (Å²) in [6.07, 6.45) is 5.70. The van der Waals surface area contributed by atoms with Gasteiger partial charge in [-0.25, -0.2) is 0 Å². The number of carbonyl (C=O) groups excluding carboxylic acids is 1. The molecule has 6 heteroatoms. The molecule has 1 amide bonds. The fourth-order valence-corrected chi connectivity index (χ4v) is 3.72. The lowest BCUT2D eigenvalue weighted by atomic mass is 9.92. The van der Waals surface area contributed by atoms with E-state index >= 15 is 0 Å². The predicted octanol–water partition coefficient (Wildman–Crippen LogP) is 2.94. The Morgan fingerprint density at radius 2 is 1.85 bits per heavy atom. The summed E-state index contributed by atoms with van der Waals surface area (Å²) >= 11 is 0. The van der Waals surface area contributed by atoms with Crippen molar-refractivity contribution in [3.63, 3.8) is 0 Å². The summed E-state index contributed by atoms with van der Waals surface area (Å²) in [7, 11) is 3.24. The molecule has 0 aromatic heterocycles. The predicted molar refractivity (Wildman–Crippen MR) is 97.9 cm³/mol. The number of benzene rings is 1. The summed E-state index contributed by atoms with van der Waals surface area (Å²) in [6.45, 7) is 1.33. The van der Waals surface area contributed by atoms with Crippen molar-refractivity contribution in [2.45, 2.75) is 50.7 Å². The molecule has 1 aromatic rings. The average molecular weight is 363 g/mol. The highest BCUT2D eigenvalue weighted by atomic mass is 16.5. The molecular weight excluding hydrogens is 334 g/mol. The van der Waals surface area contributed by atoms with Crippen LogP contribution in [-0.4, -0.2) is 45.5 Å².